The van der Waals surface area contributed by atoms with E-state index in [1.807, 2.05) is 62.4 Å². The maximum atomic E-state index is 12.5. The van der Waals surface area contributed by atoms with Gasteiger partial charge in [-0.15, -0.1) is 0 Å². The minimum absolute atomic E-state index is 0.287. The van der Waals surface area contributed by atoms with Gasteiger partial charge in [-0.25, -0.2) is 0 Å². The molecule has 3 aromatic carbocycles. The monoisotopic (exact) mass is 432 g/mol. The number of ether oxygens (including phenoxy) is 2. The lowest BCUT2D eigenvalue weighted by Gasteiger charge is -2.17. The van der Waals surface area contributed by atoms with E-state index in [0.29, 0.717) is 22.9 Å². The number of benzene rings is 3. The fourth-order valence-corrected chi connectivity index (χ4v) is 2.91. The van der Waals surface area contributed by atoms with Crippen molar-refractivity contribution in [3.05, 3.63) is 83.9 Å². The molecule has 0 radical (unpaired) electrons. The molecule has 3 aromatic rings. The second-order valence-electron chi connectivity index (χ2n) is 7.71. The van der Waals surface area contributed by atoms with Gasteiger partial charge in [0.1, 0.15) is 11.5 Å². The normalized spacial score (nSPS) is 12.4. The molecule has 2 amide bonds. The van der Waals surface area contributed by atoms with Crippen LogP contribution in [0.25, 0.3) is 0 Å². The van der Waals surface area contributed by atoms with E-state index < -0.39 is 12.2 Å². The lowest BCUT2D eigenvalue weighted by atomic mass is 10.2. The molecule has 0 heterocycles. The first-order valence-electron chi connectivity index (χ1n) is 10.5. The number of rotatable bonds is 8. The van der Waals surface area contributed by atoms with E-state index in [2.05, 4.69) is 10.6 Å². The molecule has 0 aliphatic carbocycles. The van der Waals surface area contributed by atoms with E-state index in [1.54, 1.807) is 38.1 Å². The minimum Gasteiger partial charge on any atom is -0.481 e. The van der Waals surface area contributed by atoms with Crippen LogP contribution < -0.4 is 20.1 Å². The number of aryl methyl sites for hydroxylation is 2. The van der Waals surface area contributed by atoms with Gasteiger partial charge in [-0.1, -0.05) is 41.5 Å². The molecule has 166 valence electrons. The predicted molar refractivity (Wildman–Crippen MR) is 126 cm³/mol. The van der Waals surface area contributed by atoms with Gasteiger partial charge < -0.3 is 20.1 Å². The standard InChI is InChI=1S/C26H28N2O4/c1-17-8-12-23(13-9-17)31-19(3)25(29)27-21-6-5-7-22(16-21)28-26(30)20(4)32-24-14-10-18(2)11-15-24/h5-16,19-20H,1-4H3,(H,27,29)(H,28,30)/t19-,20-/m1/s1. The Labute approximate surface area is 188 Å². The molecule has 0 saturated carbocycles. The maximum absolute atomic E-state index is 12.5. The molecule has 0 aliphatic heterocycles. The van der Waals surface area contributed by atoms with Crippen molar-refractivity contribution in [3.8, 4) is 11.5 Å². The summed E-state index contributed by atoms with van der Waals surface area (Å²) in [5.41, 5.74) is 3.34. The summed E-state index contributed by atoms with van der Waals surface area (Å²) in [6, 6.07) is 22.0. The highest BCUT2D eigenvalue weighted by Crippen LogP contribution is 2.19. The van der Waals surface area contributed by atoms with Gasteiger partial charge in [0.2, 0.25) is 0 Å². The van der Waals surface area contributed by atoms with Crippen LogP contribution in [-0.4, -0.2) is 24.0 Å². The summed E-state index contributed by atoms with van der Waals surface area (Å²) in [7, 11) is 0. The fourth-order valence-electron chi connectivity index (χ4n) is 2.91. The van der Waals surface area contributed by atoms with E-state index in [9.17, 15) is 9.59 Å². The molecule has 0 saturated heterocycles. The average molecular weight is 433 g/mol. The molecule has 2 N–H and O–H groups in total. The Morgan fingerprint density at radius 1 is 0.656 bits per heavy atom. The zero-order valence-corrected chi connectivity index (χ0v) is 18.7. The van der Waals surface area contributed by atoms with Gasteiger partial charge in [0, 0.05) is 11.4 Å². The number of nitrogens with one attached hydrogen (secondary N) is 2. The van der Waals surface area contributed by atoms with Crippen molar-refractivity contribution in [1.82, 2.24) is 0 Å². The van der Waals surface area contributed by atoms with E-state index >= 15 is 0 Å². The van der Waals surface area contributed by atoms with Crippen LogP contribution >= 0.6 is 0 Å². The Bertz CT molecular complexity index is 979. The summed E-state index contributed by atoms with van der Waals surface area (Å²) in [6.07, 6.45) is -1.36. The lowest BCUT2D eigenvalue weighted by Crippen LogP contribution is -2.31. The van der Waals surface area contributed by atoms with Crippen LogP contribution in [0.4, 0.5) is 11.4 Å². The van der Waals surface area contributed by atoms with Gasteiger partial charge in [-0.2, -0.15) is 0 Å². The quantitative estimate of drug-likeness (QED) is 0.518. The fraction of sp³-hybridized carbons (Fsp3) is 0.231. The van der Waals surface area contributed by atoms with Crippen molar-refractivity contribution in [2.45, 2.75) is 39.9 Å². The van der Waals surface area contributed by atoms with Crippen LogP contribution in [0.5, 0.6) is 11.5 Å². The van der Waals surface area contributed by atoms with Crippen LogP contribution in [0.1, 0.15) is 25.0 Å². The topological polar surface area (TPSA) is 76.7 Å². The maximum Gasteiger partial charge on any atom is 0.265 e. The predicted octanol–water partition coefficient (Wildman–Crippen LogP) is 5.12. The van der Waals surface area contributed by atoms with E-state index in [4.69, 9.17) is 9.47 Å². The Morgan fingerprint density at radius 3 is 1.41 bits per heavy atom. The number of amides is 2. The first kappa shape index (κ1) is 22.9. The van der Waals surface area contributed by atoms with Gasteiger partial charge in [-0.3, -0.25) is 9.59 Å². The Kier molecular flexibility index (Phi) is 7.49. The molecule has 0 aromatic heterocycles. The summed E-state index contributed by atoms with van der Waals surface area (Å²) in [5, 5.41) is 5.63. The Morgan fingerprint density at radius 2 is 1.03 bits per heavy atom. The molecule has 3 rings (SSSR count). The number of anilines is 2. The first-order valence-corrected chi connectivity index (χ1v) is 10.5. The van der Waals surface area contributed by atoms with E-state index in [-0.39, 0.29) is 11.8 Å². The zero-order valence-electron chi connectivity index (χ0n) is 18.7. The molecule has 0 aliphatic rings. The average Bonchev–Trinajstić information content (AvgIpc) is 2.77. The third-order valence-electron chi connectivity index (χ3n) is 4.80. The highest BCUT2D eigenvalue weighted by molar-refractivity contribution is 5.97. The van der Waals surface area contributed by atoms with Crippen molar-refractivity contribution in [2.75, 3.05) is 10.6 Å². The van der Waals surface area contributed by atoms with Gasteiger partial charge >= 0.3 is 0 Å². The van der Waals surface area contributed by atoms with Gasteiger partial charge in [0.05, 0.1) is 0 Å². The number of hydrogen-bond acceptors (Lipinski definition) is 4. The zero-order chi connectivity index (χ0) is 23.1. The number of carbonyl (C=O) groups is 2. The first-order chi connectivity index (χ1) is 15.3. The summed E-state index contributed by atoms with van der Waals surface area (Å²) >= 11 is 0. The molecule has 0 unspecified atom stereocenters. The van der Waals surface area contributed by atoms with E-state index in [1.165, 1.54) is 0 Å². The van der Waals surface area contributed by atoms with Crippen molar-refractivity contribution in [1.29, 1.82) is 0 Å². The van der Waals surface area contributed by atoms with Crippen LogP contribution in [0.15, 0.2) is 72.8 Å². The summed E-state index contributed by atoms with van der Waals surface area (Å²) in [4.78, 5) is 25.0. The third-order valence-corrected chi connectivity index (χ3v) is 4.80. The molecule has 0 fully saturated rings. The van der Waals surface area contributed by atoms with Gasteiger partial charge in [-0.05, 0) is 70.2 Å². The third kappa shape index (κ3) is 6.60. The summed E-state index contributed by atoms with van der Waals surface area (Å²) in [6.45, 7) is 7.35. The van der Waals surface area contributed by atoms with Crippen molar-refractivity contribution >= 4 is 23.2 Å². The van der Waals surface area contributed by atoms with Crippen LogP contribution in [-0.2, 0) is 9.59 Å². The van der Waals surface area contributed by atoms with E-state index in [0.717, 1.165) is 11.1 Å². The number of carbonyl (C=O) groups excluding carboxylic acids is 2. The largest absolute Gasteiger partial charge is 0.481 e. The minimum atomic E-state index is -0.682. The van der Waals surface area contributed by atoms with Crippen molar-refractivity contribution in [2.24, 2.45) is 0 Å². The molecular formula is C26H28N2O4. The highest BCUT2D eigenvalue weighted by atomic mass is 16.5. The SMILES string of the molecule is Cc1ccc(O[C@H](C)C(=O)Nc2cccc(NC(=O)[C@@H](C)Oc3ccc(C)cc3)c2)cc1. The second-order valence-corrected chi connectivity index (χ2v) is 7.71. The van der Waals surface area contributed by atoms with Gasteiger partial charge in [0.15, 0.2) is 12.2 Å². The van der Waals surface area contributed by atoms with Gasteiger partial charge in [0.25, 0.3) is 11.8 Å². The summed E-state index contributed by atoms with van der Waals surface area (Å²) < 4.78 is 11.4. The molecule has 32 heavy (non-hydrogen) atoms. The Hall–Kier alpha value is -3.80. The Balaban J connectivity index is 1.55. The van der Waals surface area contributed by atoms with Crippen LogP contribution in [0.2, 0.25) is 0 Å². The second kappa shape index (κ2) is 10.5. The molecule has 6 nitrogen and oxygen atoms in total. The van der Waals surface area contributed by atoms with Crippen molar-refractivity contribution in [3.63, 3.8) is 0 Å². The van der Waals surface area contributed by atoms with Crippen LogP contribution in [0, 0.1) is 13.8 Å². The number of hydrogen-bond donors (Lipinski definition) is 2. The molecule has 2 atom stereocenters. The summed E-state index contributed by atoms with van der Waals surface area (Å²) in [5.74, 6) is 0.680. The van der Waals surface area contributed by atoms with Crippen LogP contribution in [0.3, 0.4) is 0 Å². The molecule has 0 spiro atoms. The van der Waals surface area contributed by atoms with Crippen molar-refractivity contribution < 1.29 is 19.1 Å². The molecular weight excluding hydrogens is 404 g/mol. The highest BCUT2D eigenvalue weighted by Gasteiger charge is 2.17. The molecule has 6 heteroatoms. The lowest BCUT2D eigenvalue weighted by molar-refractivity contribution is -0.122. The molecule has 0 bridgehead atoms. The smallest absolute Gasteiger partial charge is 0.265 e.